The number of rotatable bonds is 6. The predicted octanol–water partition coefficient (Wildman–Crippen LogP) is 6.50. The summed E-state index contributed by atoms with van der Waals surface area (Å²) in [6, 6.07) is 12.7. The van der Waals surface area contributed by atoms with Gasteiger partial charge in [0, 0.05) is 35.3 Å². The topological polar surface area (TPSA) is 44.2 Å². The van der Waals surface area contributed by atoms with Gasteiger partial charge in [0.1, 0.15) is 0 Å². The number of nitrogens with zero attached hydrogens (tertiary/aromatic N) is 2. The minimum atomic E-state index is 0. The van der Waals surface area contributed by atoms with E-state index >= 15 is 0 Å². The van der Waals surface area contributed by atoms with E-state index in [4.69, 9.17) is 14.5 Å². The molecule has 2 aromatic carbocycles. The molecule has 31 heavy (non-hydrogen) atoms. The third kappa shape index (κ3) is 5.03. The molecule has 0 amide bonds. The molecule has 2 aromatic heterocycles. The van der Waals surface area contributed by atoms with Crippen LogP contribution in [0.4, 0.5) is 0 Å². The fourth-order valence-corrected chi connectivity index (χ4v) is 3.85. The largest absolute Gasteiger partial charge is 0.493 e. The van der Waals surface area contributed by atoms with Gasteiger partial charge in [0.25, 0.3) is 0 Å². The first-order chi connectivity index (χ1) is 14.1. The molecule has 0 spiro atoms. The maximum Gasteiger partial charge on any atom is 0.161 e. The van der Waals surface area contributed by atoms with Gasteiger partial charge in [-0.05, 0) is 59.7 Å². The number of benzene rings is 2. The number of hydrogen-bond donors (Lipinski definition) is 0. The normalized spacial score (nSPS) is 10.5. The Morgan fingerprint density at radius 1 is 0.839 bits per heavy atom. The molecule has 4 nitrogen and oxygen atoms in total. The molecule has 0 aliphatic heterocycles. The van der Waals surface area contributed by atoms with Crippen molar-refractivity contribution in [1.82, 2.24) is 9.97 Å². The Labute approximate surface area is 195 Å². The molecular weight excluding hydrogens is 431 g/mol. The van der Waals surface area contributed by atoms with Gasteiger partial charge in [0.15, 0.2) is 11.5 Å². The first-order valence-corrected chi connectivity index (χ1v) is 10.0. The summed E-state index contributed by atoms with van der Waals surface area (Å²) in [7, 11) is 3.34. The fourth-order valence-electron chi connectivity index (χ4n) is 3.85. The summed E-state index contributed by atoms with van der Waals surface area (Å²) in [6.45, 7) is 4.26. The minimum absolute atomic E-state index is 0. The van der Waals surface area contributed by atoms with E-state index in [0.29, 0.717) is 0 Å². The van der Waals surface area contributed by atoms with Crippen molar-refractivity contribution in [2.45, 2.75) is 33.1 Å². The standard InChI is InChI=1S/C25H26N2O2.2ClH/c1-5-6-22-21-13-25(29-4)24(28-3)12-20(21)19(15-27-22)11-17-10-18-8-7-16(2)9-23(18)26-14-17;;/h7-10,12-15H,5-6,11H2,1-4H3;2*1H. The molecule has 0 aliphatic carbocycles. The lowest BCUT2D eigenvalue weighted by Crippen LogP contribution is -2.00. The fraction of sp³-hybridized carbons (Fsp3) is 0.280. The molecule has 0 saturated carbocycles. The average Bonchev–Trinajstić information content (AvgIpc) is 2.74. The van der Waals surface area contributed by atoms with Crippen molar-refractivity contribution >= 4 is 46.5 Å². The molecule has 2 heterocycles. The van der Waals surface area contributed by atoms with E-state index in [9.17, 15) is 0 Å². The van der Waals surface area contributed by atoms with Crippen LogP contribution in [0.1, 0.15) is 35.7 Å². The number of hydrogen-bond acceptors (Lipinski definition) is 4. The zero-order valence-electron chi connectivity index (χ0n) is 18.3. The number of halogens is 2. The van der Waals surface area contributed by atoms with Gasteiger partial charge in [-0.2, -0.15) is 0 Å². The highest BCUT2D eigenvalue weighted by atomic mass is 35.5. The van der Waals surface area contributed by atoms with Crippen LogP contribution in [-0.2, 0) is 12.8 Å². The van der Waals surface area contributed by atoms with Crippen molar-refractivity contribution in [2.75, 3.05) is 14.2 Å². The molecule has 0 saturated heterocycles. The van der Waals surface area contributed by atoms with Gasteiger partial charge in [-0.1, -0.05) is 25.5 Å². The van der Waals surface area contributed by atoms with Crippen molar-refractivity contribution in [3.63, 3.8) is 0 Å². The van der Waals surface area contributed by atoms with E-state index in [1.165, 1.54) is 11.1 Å². The predicted molar refractivity (Wildman–Crippen MR) is 133 cm³/mol. The van der Waals surface area contributed by atoms with Gasteiger partial charge in [-0.15, -0.1) is 24.8 Å². The molecule has 0 fully saturated rings. The molecular formula is C25H28Cl2N2O2. The van der Waals surface area contributed by atoms with Gasteiger partial charge in [-0.3, -0.25) is 9.97 Å². The number of ether oxygens (including phenoxy) is 2. The Morgan fingerprint density at radius 2 is 1.55 bits per heavy atom. The third-order valence-corrected chi connectivity index (χ3v) is 5.33. The van der Waals surface area contributed by atoms with E-state index in [1.807, 2.05) is 12.4 Å². The van der Waals surface area contributed by atoms with E-state index in [0.717, 1.165) is 63.7 Å². The molecule has 6 heteroatoms. The third-order valence-electron chi connectivity index (χ3n) is 5.33. The van der Waals surface area contributed by atoms with Crippen LogP contribution >= 0.6 is 24.8 Å². The zero-order valence-corrected chi connectivity index (χ0v) is 19.9. The summed E-state index contributed by atoms with van der Waals surface area (Å²) in [5.41, 5.74) is 5.68. The van der Waals surface area contributed by atoms with Gasteiger partial charge in [-0.25, -0.2) is 0 Å². The van der Waals surface area contributed by atoms with Gasteiger partial charge in [0.05, 0.1) is 19.7 Å². The molecule has 0 atom stereocenters. The highest BCUT2D eigenvalue weighted by Gasteiger charge is 2.14. The highest BCUT2D eigenvalue weighted by Crippen LogP contribution is 2.35. The van der Waals surface area contributed by atoms with Crippen LogP contribution in [0.15, 0.2) is 48.8 Å². The van der Waals surface area contributed by atoms with E-state index in [1.54, 1.807) is 14.2 Å². The second kappa shape index (κ2) is 10.7. The van der Waals surface area contributed by atoms with Crippen LogP contribution < -0.4 is 9.47 Å². The molecule has 0 unspecified atom stereocenters. The van der Waals surface area contributed by atoms with Crippen molar-refractivity contribution < 1.29 is 9.47 Å². The van der Waals surface area contributed by atoms with Crippen molar-refractivity contribution in [2.24, 2.45) is 0 Å². The number of methoxy groups -OCH3 is 2. The SMILES string of the molecule is CCCc1ncc(Cc2cnc3cc(C)ccc3c2)c2cc(OC)c(OC)cc12.Cl.Cl. The van der Waals surface area contributed by atoms with Crippen molar-refractivity contribution in [3.05, 3.63) is 71.2 Å². The summed E-state index contributed by atoms with van der Waals surface area (Å²) in [5, 5.41) is 3.45. The Morgan fingerprint density at radius 3 is 2.23 bits per heavy atom. The lowest BCUT2D eigenvalue weighted by molar-refractivity contribution is 0.356. The quantitative estimate of drug-likeness (QED) is 0.330. The van der Waals surface area contributed by atoms with Crippen LogP contribution in [0, 0.1) is 6.92 Å². The Bertz CT molecular complexity index is 1200. The number of fused-ring (bicyclic) bond motifs is 2. The smallest absolute Gasteiger partial charge is 0.161 e. The Hall–Kier alpha value is -2.56. The summed E-state index contributed by atoms with van der Waals surface area (Å²) in [4.78, 5) is 9.44. The molecule has 0 aliphatic rings. The van der Waals surface area contributed by atoms with Gasteiger partial charge < -0.3 is 9.47 Å². The number of aromatic nitrogens is 2. The maximum absolute atomic E-state index is 5.56. The summed E-state index contributed by atoms with van der Waals surface area (Å²) in [6.07, 6.45) is 6.71. The summed E-state index contributed by atoms with van der Waals surface area (Å²) >= 11 is 0. The monoisotopic (exact) mass is 458 g/mol. The molecule has 0 bridgehead atoms. The first kappa shape index (κ1) is 24.7. The van der Waals surface area contributed by atoms with E-state index in [2.05, 4.69) is 55.2 Å². The molecule has 164 valence electrons. The van der Waals surface area contributed by atoms with E-state index < -0.39 is 0 Å². The van der Waals surface area contributed by atoms with Gasteiger partial charge >= 0.3 is 0 Å². The number of pyridine rings is 2. The molecule has 4 aromatic rings. The minimum Gasteiger partial charge on any atom is -0.493 e. The van der Waals surface area contributed by atoms with Gasteiger partial charge in [0.2, 0.25) is 0 Å². The Kier molecular flexibility index (Phi) is 8.49. The number of aryl methyl sites for hydroxylation is 2. The molecule has 0 radical (unpaired) electrons. The second-order valence-corrected chi connectivity index (χ2v) is 7.45. The molecule has 4 rings (SSSR count). The lowest BCUT2D eigenvalue weighted by Gasteiger charge is -2.14. The van der Waals surface area contributed by atoms with E-state index in [-0.39, 0.29) is 24.8 Å². The van der Waals surface area contributed by atoms with Crippen LogP contribution in [-0.4, -0.2) is 24.2 Å². The maximum atomic E-state index is 5.56. The van der Waals surface area contributed by atoms with Crippen LogP contribution in [0.5, 0.6) is 11.5 Å². The van der Waals surface area contributed by atoms with Crippen LogP contribution in [0.25, 0.3) is 21.7 Å². The van der Waals surface area contributed by atoms with Crippen LogP contribution in [0.3, 0.4) is 0 Å². The lowest BCUT2D eigenvalue weighted by atomic mass is 9.97. The zero-order chi connectivity index (χ0) is 20.4. The summed E-state index contributed by atoms with van der Waals surface area (Å²) < 4.78 is 11.1. The van der Waals surface area contributed by atoms with Crippen molar-refractivity contribution in [3.8, 4) is 11.5 Å². The van der Waals surface area contributed by atoms with Crippen molar-refractivity contribution in [1.29, 1.82) is 0 Å². The second-order valence-electron chi connectivity index (χ2n) is 7.45. The Balaban J connectivity index is 0.00000171. The van der Waals surface area contributed by atoms with Crippen LogP contribution in [0.2, 0.25) is 0 Å². The summed E-state index contributed by atoms with van der Waals surface area (Å²) in [5.74, 6) is 1.47. The highest BCUT2D eigenvalue weighted by molar-refractivity contribution is 5.91. The average molecular weight is 459 g/mol. The first-order valence-electron chi connectivity index (χ1n) is 10.0. The molecule has 0 N–H and O–H groups in total.